The minimum absolute atomic E-state index is 0.0258. The summed E-state index contributed by atoms with van der Waals surface area (Å²) in [5.41, 5.74) is 7.38. The summed E-state index contributed by atoms with van der Waals surface area (Å²) in [7, 11) is 0. The molecular formula is C14H18F2N6O2. The Labute approximate surface area is 136 Å². The van der Waals surface area contributed by atoms with Gasteiger partial charge in [0.15, 0.2) is 0 Å². The number of aromatic nitrogens is 3. The average molecular weight is 340 g/mol. The summed E-state index contributed by atoms with van der Waals surface area (Å²) in [6.45, 7) is 0.358. The molecule has 0 bridgehead atoms. The maximum absolute atomic E-state index is 12.4. The number of hydrazine groups is 1. The maximum Gasteiger partial charge on any atom is 0.314 e. The minimum atomic E-state index is -2.81. The van der Waals surface area contributed by atoms with Crippen LogP contribution in [0.2, 0.25) is 0 Å². The predicted octanol–water partition coefficient (Wildman–Crippen LogP) is 1.32. The van der Waals surface area contributed by atoms with Crippen LogP contribution in [0.25, 0.3) is 11.5 Å². The summed E-state index contributed by atoms with van der Waals surface area (Å²) >= 11 is 0. The Balaban J connectivity index is 1.98. The van der Waals surface area contributed by atoms with Gasteiger partial charge < -0.3 is 20.3 Å². The van der Waals surface area contributed by atoms with Gasteiger partial charge in [-0.15, -0.1) is 10.2 Å². The number of aliphatic hydroxyl groups is 1. The maximum atomic E-state index is 12.4. The number of hydrogen-bond donors (Lipinski definition) is 3. The lowest BCUT2D eigenvalue weighted by Gasteiger charge is -2.14. The standard InChI is InChI=1S/C14H18F2N6O2/c15-12(16)14-21-20-13(24-14)9-3-4-11(19-6-9)8-22(18)7-10(17)2-1-5-23/h3-4,6-7,12,23H,1-2,5,8,17-18H2/b10-7-. The van der Waals surface area contributed by atoms with Crippen molar-refractivity contribution < 1.29 is 18.3 Å². The van der Waals surface area contributed by atoms with Gasteiger partial charge in [0.1, 0.15) is 0 Å². The highest BCUT2D eigenvalue weighted by atomic mass is 19.3. The summed E-state index contributed by atoms with van der Waals surface area (Å²) in [6.07, 6.45) is 1.30. The molecule has 0 saturated carbocycles. The van der Waals surface area contributed by atoms with E-state index in [4.69, 9.17) is 21.1 Å². The normalized spacial score (nSPS) is 12.0. The molecule has 0 aliphatic rings. The fourth-order valence-corrected chi connectivity index (χ4v) is 1.88. The van der Waals surface area contributed by atoms with Crippen molar-refractivity contribution in [3.05, 3.63) is 41.8 Å². The number of alkyl halides is 2. The minimum Gasteiger partial charge on any atom is -0.415 e. The van der Waals surface area contributed by atoms with E-state index < -0.39 is 12.3 Å². The molecule has 0 fully saturated rings. The lowest BCUT2D eigenvalue weighted by atomic mass is 10.2. The third-order valence-electron chi connectivity index (χ3n) is 3.00. The van der Waals surface area contributed by atoms with E-state index in [0.29, 0.717) is 36.3 Å². The molecule has 5 N–H and O–H groups in total. The first-order valence-corrected chi connectivity index (χ1v) is 7.15. The van der Waals surface area contributed by atoms with Crippen LogP contribution < -0.4 is 11.6 Å². The van der Waals surface area contributed by atoms with Gasteiger partial charge in [0.25, 0.3) is 5.89 Å². The van der Waals surface area contributed by atoms with Gasteiger partial charge in [-0.05, 0) is 25.0 Å². The second-order valence-electron chi connectivity index (χ2n) is 4.99. The van der Waals surface area contributed by atoms with E-state index in [2.05, 4.69) is 15.2 Å². The van der Waals surface area contributed by atoms with Crippen LogP contribution in [0.3, 0.4) is 0 Å². The van der Waals surface area contributed by atoms with Gasteiger partial charge >= 0.3 is 6.43 Å². The quantitative estimate of drug-likeness (QED) is 0.485. The molecule has 130 valence electrons. The first kappa shape index (κ1) is 17.8. The van der Waals surface area contributed by atoms with Crippen molar-refractivity contribution in [1.29, 1.82) is 0 Å². The van der Waals surface area contributed by atoms with E-state index >= 15 is 0 Å². The van der Waals surface area contributed by atoms with Gasteiger partial charge in [-0.3, -0.25) is 4.98 Å². The van der Waals surface area contributed by atoms with E-state index in [1.54, 1.807) is 18.3 Å². The molecule has 2 aromatic heterocycles. The van der Waals surface area contributed by atoms with Crippen LogP contribution in [0.15, 0.2) is 34.6 Å². The highest BCUT2D eigenvalue weighted by Crippen LogP contribution is 2.22. The molecule has 2 heterocycles. The summed E-state index contributed by atoms with van der Waals surface area (Å²) in [6, 6.07) is 3.29. The van der Waals surface area contributed by atoms with Crippen LogP contribution in [0.4, 0.5) is 8.78 Å². The van der Waals surface area contributed by atoms with Crippen LogP contribution in [0.1, 0.15) is 30.9 Å². The number of nitrogens with zero attached hydrogens (tertiary/aromatic N) is 4. The van der Waals surface area contributed by atoms with Crippen LogP contribution in [0, 0.1) is 0 Å². The fraction of sp³-hybridized carbons (Fsp3) is 0.357. The molecule has 0 amide bonds. The lowest BCUT2D eigenvalue weighted by Crippen LogP contribution is -2.26. The molecule has 0 radical (unpaired) electrons. The topological polar surface area (TPSA) is 127 Å². The predicted molar refractivity (Wildman–Crippen MR) is 80.8 cm³/mol. The van der Waals surface area contributed by atoms with Gasteiger partial charge in [0, 0.05) is 24.7 Å². The Morgan fingerprint density at radius 3 is 2.75 bits per heavy atom. The third kappa shape index (κ3) is 4.96. The fourth-order valence-electron chi connectivity index (χ4n) is 1.88. The zero-order chi connectivity index (χ0) is 17.5. The van der Waals surface area contributed by atoms with Crippen molar-refractivity contribution in [2.45, 2.75) is 25.8 Å². The molecule has 2 aromatic rings. The molecule has 2 rings (SSSR count). The molecule has 0 spiro atoms. The molecule has 0 unspecified atom stereocenters. The number of pyridine rings is 1. The molecule has 0 aliphatic heterocycles. The van der Waals surface area contributed by atoms with Gasteiger partial charge in [0.2, 0.25) is 5.89 Å². The Kier molecular flexibility index (Phi) is 6.15. The Morgan fingerprint density at radius 2 is 2.17 bits per heavy atom. The molecule has 0 aromatic carbocycles. The molecular weight excluding hydrogens is 322 g/mol. The van der Waals surface area contributed by atoms with Crippen molar-refractivity contribution in [2.24, 2.45) is 11.6 Å². The smallest absolute Gasteiger partial charge is 0.314 e. The summed E-state index contributed by atoms with van der Waals surface area (Å²) in [5, 5.41) is 16.9. The van der Waals surface area contributed by atoms with Crippen LogP contribution >= 0.6 is 0 Å². The van der Waals surface area contributed by atoms with Crippen molar-refractivity contribution >= 4 is 0 Å². The highest BCUT2D eigenvalue weighted by molar-refractivity contribution is 5.50. The first-order chi connectivity index (χ1) is 11.5. The van der Waals surface area contributed by atoms with E-state index in [1.807, 2.05) is 0 Å². The second-order valence-corrected chi connectivity index (χ2v) is 4.99. The number of nitrogens with two attached hydrogens (primary N) is 2. The number of rotatable bonds is 8. The second kappa shape index (κ2) is 8.31. The Hall–Kier alpha value is -2.59. The summed E-state index contributed by atoms with van der Waals surface area (Å²) in [4.78, 5) is 4.17. The van der Waals surface area contributed by atoms with Crippen LogP contribution in [-0.4, -0.2) is 31.9 Å². The highest BCUT2D eigenvalue weighted by Gasteiger charge is 2.17. The molecule has 0 aliphatic carbocycles. The number of allylic oxidation sites excluding steroid dienone is 1. The van der Waals surface area contributed by atoms with Gasteiger partial charge in [-0.2, -0.15) is 8.78 Å². The Bertz CT molecular complexity index is 674. The molecule has 0 atom stereocenters. The van der Waals surface area contributed by atoms with E-state index in [-0.39, 0.29) is 12.5 Å². The number of hydrogen-bond acceptors (Lipinski definition) is 8. The number of aliphatic hydroxyl groups excluding tert-OH is 1. The summed E-state index contributed by atoms with van der Waals surface area (Å²) in [5.74, 6) is 5.06. The molecule has 10 heteroatoms. The molecule has 0 saturated heterocycles. The Morgan fingerprint density at radius 1 is 1.38 bits per heavy atom. The van der Waals surface area contributed by atoms with Crippen molar-refractivity contribution in [2.75, 3.05) is 6.61 Å². The SMILES string of the molecule is N/C(=C\N(N)Cc1ccc(-c2nnc(C(F)F)o2)cn1)CCCO. The zero-order valence-corrected chi connectivity index (χ0v) is 12.8. The van der Waals surface area contributed by atoms with Crippen molar-refractivity contribution in [3.8, 4) is 11.5 Å². The van der Waals surface area contributed by atoms with Gasteiger partial charge in [-0.25, -0.2) is 5.84 Å². The van der Waals surface area contributed by atoms with Gasteiger partial charge in [-0.1, -0.05) is 0 Å². The van der Waals surface area contributed by atoms with E-state index in [0.717, 1.165) is 0 Å². The number of halogens is 2. The summed E-state index contributed by atoms with van der Waals surface area (Å²) < 4.78 is 29.7. The first-order valence-electron chi connectivity index (χ1n) is 7.15. The van der Waals surface area contributed by atoms with Crippen LogP contribution in [-0.2, 0) is 6.54 Å². The molecule has 24 heavy (non-hydrogen) atoms. The average Bonchev–Trinajstić information content (AvgIpc) is 3.03. The molecule has 8 nitrogen and oxygen atoms in total. The van der Waals surface area contributed by atoms with Crippen LogP contribution in [0.5, 0.6) is 0 Å². The van der Waals surface area contributed by atoms with Gasteiger partial charge in [0.05, 0.1) is 17.8 Å². The lowest BCUT2D eigenvalue weighted by molar-refractivity contribution is 0.116. The zero-order valence-electron chi connectivity index (χ0n) is 12.8. The monoisotopic (exact) mass is 340 g/mol. The van der Waals surface area contributed by atoms with Crippen molar-refractivity contribution in [1.82, 2.24) is 20.2 Å². The van der Waals surface area contributed by atoms with Crippen molar-refractivity contribution in [3.63, 3.8) is 0 Å². The third-order valence-corrected chi connectivity index (χ3v) is 3.00. The van der Waals surface area contributed by atoms with E-state index in [9.17, 15) is 8.78 Å². The van der Waals surface area contributed by atoms with E-state index in [1.165, 1.54) is 11.2 Å². The largest absolute Gasteiger partial charge is 0.415 e.